The normalized spacial score (nSPS) is 17.8. The molecular weight excluding hydrogens is 416 g/mol. The summed E-state index contributed by atoms with van der Waals surface area (Å²) < 4.78 is 35.1. The summed E-state index contributed by atoms with van der Waals surface area (Å²) in [5.74, 6) is 2.56. The Hall–Kier alpha value is -2.81. The third-order valence-corrected chi connectivity index (χ3v) is 7.70. The Morgan fingerprint density at radius 3 is 2.58 bits per heavy atom. The summed E-state index contributed by atoms with van der Waals surface area (Å²) >= 11 is 0. The molecule has 8 nitrogen and oxygen atoms in total. The van der Waals surface area contributed by atoms with Crippen LogP contribution in [0.25, 0.3) is 0 Å². The monoisotopic (exact) mass is 446 g/mol. The number of benzene rings is 1. The molecule has 0 saturated carbocycles. The third kappa shape index (κ3) is 5.46. The van der Waals surface area contributed by atoms with Gasteiger partial charge in [-0.15, -0.1) is 0 Å². The quantitative estimate of drug-likeness (QED) is 0.539. The zero-order valence-electron chi connectivity index (χ0n) is 18.5. The van der Waals surface area contributed by atoms with E-state index >= 15 is 0 Å². The topological polar surface area (TPSA) is 93.1 Å². The van der Waals surface area contributed by atoms with Crippen LogP contribution in [0, 0.1) is 0 Å². The van der Waals surface area contributed by atoms with Crippen LogP contribution >= 0.6 is 0 Å². The van der Waals surface area contributed by atoms with Crippen LogP contribution in [0.5, 0.6) is 17.4 Å². The Morgan fingerprint density at radius 2 is 1.97 bits per heavy atom. The zero-order chi connectivity index (χ0) is 22.5. The van der Waals surface area contributed by atoms with Gasteiger partial charge >= 0.3 is 0 Å². The first-order valence-electron chi connectivity index (χ1n) is 10.3. The fourth-order valence-corrected chi connectivity index (χ4v) is 4.70. The molecule has 3 rings (SSSR count). The molecule has 1 fully saturated rings. The molecule has 1 aromatic heterocycles. The molecular formula is C22H30N4O4S. The fourth-order valence-electron chi connectivity index (χ4n) is 3.34. The van der Waals surface area contributed by atoms with Crippen LogP contribution in [-0.4, -0.2) is 61.5 Å². The van der Waals surface area contributed by atoms with Crippen molar-refractivity contribution in [3.8, 4) is 17.4 Å². The first kappa shape index (κ1) is 22.9. The van der Waals surface area contributed by atoms with Crippen molar-refractivity contribution in [2.24, 2.45) is 4.99 Å². The number of ether oxygens (including phenoxy) is 2. The molecule has 1 saturated heterocycles. The lowest BCUT2D eigenvalue weighted by molar-refractivity contribution is 0.319. The molecule has 0 spiro atoms. The van der Waals surface area contributed by atoms with E-state index in [-0.39, 0.29) is 5.75 Å². The molecule has 1 aromatic carbocycles. The Balaban J connectivity index is 1.60. The second kappa shape index (κ2) is 9.55. The third-order valence-electron chi connectivity index (χ3n) is 5.17. The minimum Gasteiger partial charge on any atom is -0.490 e. The highest BCUT2D eigenvalue weighted by atomic mass is 32.2. The molecule has 2 aromatic rings. The SMILES string of the molecule is CCOc1ccccc1Oc1ccc(CNC(=NC)N2CCS(=O)(=O)C(C)(C)C2)cn1. The average Bonchev–Trinajstić information content (AvgIpc) is 2.74. The van der Waals surface area contributed by atoms with E-state index in [0.717, 1.165) is 5.56 Å². The number of hydrogen-bond acceptors (Lipinski definition) is 6. The molecule has 2 heterocycles. The summed E-state index contributed by atoms with van der Waals surface area (Å²) in [6.07, 6.45) is 1.74. The largest absolute Gasteiger partial charge is 0.490 e. The van der Waals surface area contributed by atoms with Crippen molar-refractivity contribution < 1.29 is 17.9 Å². The summed E-state index contributed by atoms with van der Waals surface area (Å²) in [4.78, 5) is 10.7. The molecule has 1 N–H and O–H groups in total. The highest BCUT2D eigenvalue weighted by molar-refractivity contribution is 7.92. The van der Waals surface area contributed by atoms with Crippen molar-refractivity contribution >= 4 is 15.8 Å². The number of aromatic nitrogens is 1. The van der Waals surface area contributed by atoms with Crippen molar-refractivity contribution in [3.63, 3.8) is 0 Å². The summed E-state index contributed by atoms with van der Waals surface area (Å²) in [6, 6.07) is 11.2. The van der Waals surface area contributed by atoms with Gasteiger partial charge in [0.05, 0.1) is 17.1 Å². The molecule has 1 aliphatic rings. The van der Waals surface area contributed by atoms with E-state index in [2.05, 4.69) is 15.3 Å². The first-order chi connectivity index (χ1) is 14.8. The summed E-state index contributed by atoms with van der Waals surface area (Å²) in [5.41, 5.74) is 0.954. The molecule has 9 heteroatoms. The van der Waals surface area contributed by atoms with E-state index in [1.165, 1.54) is 0 Å². The molecule has 0 aliphatic carbocycles. The van der Waals surface area contributed by atoms with Gasteiger partial charge in [-0.2, -0.15) is 0 Å². The van der Waals surface area contributed by atoms with E-state index in [1.54, 1.807) is 33.2 Å². The number of hydrogen-bond donors (Lipinski definition) is 1. The molecule has 31 heavy (non-hydrogen) atoms. The Labute approximate surface area is 184 Å². The molecule has 0 atom stereocenters. The summed E-state index contributed by atoms with van der Waals surface area (Å²) in [6.45, 7) is 7.34. The van der Waals surface area contributed by atoms with Gasteiger partial charge in [-0.1, -0.05) is 18.2 Å². The minimum absolute atomic E-state index is 0.123. The second-order valence-electron chi connectivity index (χ2n) is 7.89. The van der Waals surface area contributed by atoms with Crippen LogP contribution in [0.4, 0.5) is 0 Å². The lowest BCUT2D eigenvalue weighted by atomic mass is 10.2. The second-order valence-corrected chi connectivity index (χ2v) is 10.6. The van der Waals surface area contributed by atoms with Gasteiger partial charge in [-0.3, -0.25) is 4.99 Å². The van der Waals surface area contributed by atoms with Crippen LogP contribution < -0.4 is 14.8 Å². The van der Waals surface area contributed by atoms with Crippen molar-refractivity contribution in [3.05, 3.63) is 48.2 Å². The number of rotatable bonds is 6. The number of guanidine groups is 1. The Morgan fingerprint density at radius 1 is 1.23 bits per heavy atom. The number of pyridine rings is 1. The standard InChI is InChI=1S/C22H30N4O4S/c1-5-29-18-8-6-7-9-19(18)30-20-11-10-17(14-24-20)15-25-21(23-4)26-12-13-31(27,28)22(2,3)16-26/h6-11,14H,5,12-13,15-16H2,1-4H3,(H,23,25). The van der Waals surface area contributed by atoms with E-state index in [4.69, 9.17) is 9.47 Å². The number of sulfone groups is 1. The van der Waals surface area contributed by atoms with Crippen LogP contribution in [-0.2, 0) is 16.4 Å². The highest BCUT2D eigenvalue weighted by Gasteiger charge is 2.40. The molecule has 168 valence electrons. The van der Waals surface area contributed by atoms with E-state index in [1.807, 2.05) is 42.2 Å². The van der Waals surface area contributed by atoms with Gasteiger partial charge in [0.2, 0.25) is 5.88 Å². The molecule has 1 aliphatic heterocycles. The van der Waals surface area contributed by atoms with Crippen molar-refractivity contribution in [1.29, 1.82) is 0 Å². The van der Waals surface area contributed by atoms with Gasteiger partial charge in [-0.25, -0.2) is 13.4 Å². The van der Waals surface area contributed by atoms with Crippen molar-refractivity contribution in [2.45, 2.75) is 32.1 Å². The van der Waals surface area contributed by atoms with Crippen LogP contribution in [0.15, 0.2) is 47.6 Å². The van der Waals surface area contributed by atoms with Gasteiger partial charge in [0, 0.05) is 38.9 Å². The van der Waals surface area contributed by atoms with Crippen LogP contribution in [0.1, 0.15) is 26.3 Å². The predicted molar refractivity (Wildman–Crippen MR) is 122 cm³/mol. The van der Waals surface area contributed by atoms with Gasteiger partial charge in [0.25, 0.3) is 0 Å². The van der Waals surface area contributed by atoms with Crippen molar-refractivity contribution in [1.82, 2.24) is 15.2 Å². The first-order valence-corrected chi connectivity index (χ1v) is 11.9. The predicted octanol–water partition coefficient (Wildman–Crippen LogP) is 2.86. The fraction of sp³-hybridized carbons (Fsp3) is 0.455. The molecule has 0 bridgehead atoms. The maximum atomic E-state index is 12.2. The molecule has 0 unspecified atom stereocenters. The van der Waals surface area contributed by atoms with Gasteiger partial charge in [-0.05, 0) is 38.5 Å². The van der Waals surface area contributed by atoms with Crippen LogP contribution in [0.3, 0.4) is 0 Å². The van der Waals surface area contributed by atoms with E-state index in [0.29, 0.717) is 49.6 Å². The summed E-state index contributed by atoms with van der Waals surface area (Å²) in [7, 11) is -1.40. The van der Waals surface area contributed by atoms with Gasteiger partial charge in [0.1, 0.15) is 0 Å². The zero-order valence-corrected chi connectivity index (χ0v) is 19.3. The van der Waals surface area contributed by atoms with Gasteiger partial charge in [0.15, 0.2) is 27.3 Å². The van der Waals surface area contributed by atoms with E-state index in [9.17, 15) is 8.42 Å². The smallest absolute Gasteiger partial charge is 0.219 e. The van der Waals surface area contributed by atoms with E-state index < -0.39 is 14.6 Å². The van der Waals surface area contributed by atoms with Crippen LogP contribution in [0.2, 0.25) is 0 Å². The number of nitrogens with zero attached hydrogens (tertiary/aromatic N) is 3. The summed E-state index contributed by atoms with van der Waals surface area (Å²) in [5, 5.41) is 3.30. The average molecular weight is 447 g/mol. The molecule has 0 amide bonds. The van der Waals surface area contributed by atoms with Crippen molar-refractivity contribution in [2.75, 3.05) is 32.5 Å². The lowest BCUT2D eigenvalue weighted by Gasteiger charge is -2.39. The lowest BCUT2D eigenvalue weighted by Crippen LogP contribution is -2.57. The Bertz CT molecular complexity index is 1020. The molecule has 0 radical (unpaired) electrons. The Kier molecular flexibility index (Phi) is 7.04. The maximum absolute atomic E-state index is 12.2. The number of nitrogens with one attached hydrogen (secondary N) is 1. The maximum Gasteiger partial charge on any atom is 0.219 e. The number of aliphatic imine (C=N–C) groups is 1. The minimum atomic E-state index is -3.10. The highest BCUT2D eigenvalue weighted by Crippen LogP contribution is 2.30. The van der Waals surface area contributed by atoms with Gasteiger partial charge < -0.3 is 19.7 Å². The number of para-hydroxylation sites is 2.